The fraction of sp³-hybridized carbons (Fsp3) is 0.429. The van der Waals surface area contributed by atoms with Gasteiger partial charge in [-0.05, 0) is 18.4 Å². The second-order valence-corrected chi connectivity index (χ2v) is 5.34. The average molecular weight is 277 g/mol. The first-order valence-electron chi connectivity index (χ1n) is 6.48. The van der Waals surface area contributed by atoms with Gasteiger partial charge in [-0.15, -0.1) is 5.10 Å². The highest BCUT2D eigenvalue weighted by molar-refractivity contribution is 8.14. The fourth-order valence-electron chi connectivity index (χ4n) is 1.77. The summed E-state index contributed by atoms with van der Waals surface area (Å²) in [6, 6.07) is 10.5. The molecule has 0 unspecified atom stereocenters. The van der Waals surface area contributed by atoms with Crippen LogP contribution in [0, 0.1) is 0 Å². The molecule has 1 aliphatic rings. The Balaban J connectivity index is 1.53. The number of nitrogens with zero attached hydrogens (tertiary/aromatic N) is 2. The molecule has 0 spiro atoms. The van der Waals surface area contributed by atoms with Gasteiger partial charge in [-0.25, -0.2) is 0 Å². The van der Waals surface area contributed by atoms with Gasteiger partial charge in [0.2, 0.25) is 0 Å². The minimum absolute atomic E-state index is 0.549. The van der Waals surface area contributed by atoms with Crippen LogP contribution in [0.4, 0.5) is 0 Å². The summed E-state index contributed by atoms with van der Waals surface area (Å²) < 4.78 is 5.62. The summed E-state index contributed by atoms with van der Waals surface area (Å²) in [5, 5.41) is 8.46. The second kappa shape index (κ2) is 7.96. The molecule has 19 heavy (non-hydrogen) atoms. The highest BCUT2D eigenvalue weighted by Gasteiger charge is 2.07. The Morgan fingerprint density at radius 1 is 1.11 bits per heavy atom. The van der Waals surface area contributed by atoms with Crippen LogP contribution in [-0.4, -0.2) is 29.8 Å². The molecule has 0 fully saturated rings. The number of nitrogens with two attached hydrogens (primary N) is 1. The molecule has 1 aromatic carbocycles. The molecule has 0 amide bonds. The van der Waals surface area contributed by atoms with E-state index in [2.05, 4.69) is 34.5 Å². The van der Waals surface area contributed by atoms with Crippen molar-refractivity contribution in [2.75, 3.05) is 19.0 Å². The van der Waals surface area contributed by atoms with Crippen LogP contribution in [0.5, 0.6) is 0 Å². The second-order valence-electron chi connectivity index (χ2n) is 4.34. The van der Waals surface area contributed by atoms with E-state index in [0.29, 0.717) is 11.8 Å². The first-order chi connectivity index (χ1) is 9.34. The minimum atomic E-state index is 0.549. The van der Waals surface area contributed by atoms with Crippen LogP contribution in [0.2, 0.25) is 0 Å². The van der Waals surface area contributed by atoms with Crippen molar-refractivity contribution in [2.24, 2.45) is 15.9 Å². The van der Waals surface area contributed by atoms with Crippen LogP contribution >= 0.6 is 11.8 Å². The monoisotopic (exact) mass is 277 g/mol. The van der Waals surface area contributed by atoms with E-state index < -0.39 is 0 Å². The molecule has 2 N–H and O–H groups in total. The molecule has 0 aromatic heterocycles. The molecule has 4 nitrogen and oxygen atoms in total. The third kappa shape index (κ3) is 5.44. The van der Waals surface area contributed by atoms with Crippen LogP contribution < -0.4 is 5.73 Å². The smallest absolute Gasteiger partial charge is 0.180 e. The number of hydrogen-bond donors (Lipinski definition) is 1. The topological polar surface area (TPSA) is 60.0 Å². The van der Waals surface area contributed by atoms with Crippen LogP contribution in [0.25, 0.3) is 0 Å². The quantitative estimate of drug-likeness (QED) is 0.779. The Bertz CT molecular complexity index is 445. The Hall–Kier alpha value is -1.33. The fourth-order valence-corrected chi connectivity index (χ4v) is 2.39. The van der Waals surface area contributed by atoms with Crippen LogP contribution in [0.1, 0.15) is 18.4 Å². The zero-order chi connectivity index (χ0) is 13.3. The largest absolute Gasteiger partial charge is 0.381 e. The summed E-state index contributed by atoms with van der Waals surface area (Å²) in [6.45, 7) is 1.50. The van der Waals surface area contributed by atoms with Gasteiger partial charge in [-0.2, -0.15) is 5.10 Å². The number of aryl methyl sites for hydroxylation is 1. The van der Waals surface area contributed by atoms with Gasteiger partial charge < -0.3 is 10.5 Å². The first kappa shape index (κ1) is 14.1. The number of ether oxygens (including phenoxy) is 1. The Morgan fingerprint density at radius 2 is 1.95 bits per heavy atom. The maximum absolute atomic E-state index is 5.62. The first-order valence-corrected chi connectivity index (χ1v) is 7.46. The average Bonchev–Trinajstić information content (AvgIpc) is 2.46. The van der Waals surface area contributed by atoms with Gasteiger partial charge in [0.05, 0.1) is 12.3 Å². The van der Waals surface area contributed by atoms with E-state index >= 15 is 0 Å². The third-order valence-electron chi connectivity index (χ3n) is 2.81. The van der Waals surface area contributed by atoms with E-state index in [9.17, 15) is 0 Å². The van der Waals surface area contributed by atoms with Crippen molar-refractivity contribution in [2.45, 2.75) is 19.3 Å². The summed E-state index contributed by atoms with van der Waals surface area (Å²) in [5.41, 5.74) is 7.94. The zero-order valence-electron chi connectivity index (χ0n) is 10.9. The normalized spacial score (nSPS) is 14.9. The Labute approximate surface area is 118 Å². The summed E-state index contributed by atoms with van der Waals surface area (Å²) >= 11 is 1.53. The molecule has 102 valence electrons. The van der Waals surface area contributed by atoms with E-state index in [1.54, 1.807) is 0 Å². The molecule has 0 aliphatic carbocycles. The maximum Gasteiger partial charge on any atom is 0.180 e. The SMILES string of the molecule is NC1=NN=C(CCOCCCc2ccccc2)CS1. The van der Waals surface area contributed by atoms with Crippen molar-refractivity contribution in [1.29, 1.82) is 0 Å². The van der Waals surface area contributed by atoms with Crippen molar-refractivity contribution in [3.05, 3.63) is 35.9 Å². The van der Waals surface area contributed by atoms with Crippen molar-refractivity contribution in [1.82, 2.24) is 0 Å². The molecule has 2 rings (SSSR count). The highest BCUT2D eigenvalue weighted by Crippen LogP contribution is 2.09. The molecule has 5 heteroatoms. The number of hydrogen-bond acceptors (Lipinski definition) is 5. The van der Waals surface area contributed by atoms with E-state index in [1.807, 2.05) is 6.07 Å². The number of benzene rings is 1. The lowest BCUT2D eigenvalue weighted by atomic mass is 10.1. The lowest BCUT2D eigenvalue weighted by Gasteiger charge is -2.09. The highest BCUT2D eigenvalue weighted by atomic mass is 32.2. The predicted octanol–water partition coefficient (Wildman–Crippen LogP) is 2.44. The van der Waals surface area contributed by atoms with Crippen molar-refractivity contribution >= 4 is 22.6 Å². The molecule has 1 aliphatic heterocycles. The molecule has 0 radical (unpaired) electrons. The maximum atomic E-state index is 5.62. The number of thioether (sulfide) groups is 1. The number of rotatable bonds is 7. The summed E-state index contributed by atoms with van der Waals surface area (Å²) in [6.07, 6.45) is 2.96. The minimum Gasteiger partial charge on any atom is -0.381 e. The van der Waals surface area contributed by atoms with Gasteiger partial charge in [0, 0.05) is 18.8 Å². The van der Waals surface area contributed by atoms with Gasteiger partial charge >= 0.3 is 0 Å². The van der Waals surface area contributed by atoms with Crippen LogP contribution in [0.15, 0.2) is 40.5 Å². The van der Waals surface area contributed by atoms with Gasteiger partial charge in [-0.3, -0.25) is 0 Å². The van der Waals surface area contributed by atoms with E-state index in [4.69, 9.17) is 10.5 Å². The van der Waals surface area contributed by atoms with E-state index in [-0.39, 0.29) is 0 Å². The molecule has 0 saturated heterocycles. The molecular formula is C14H19N3OS. The molecule has 0 atom stereocenters. The predicted molar refractivity (Wildman–Crippen MR) is 81.7 cm³/mol. The van der Waals surface area contributed by atoms with Crippen molar-refractivity contribution < 1.29 is 4.74 Å². The Kier molecular flexibility index (Phi) is 5.91. The summed E-state index contributed by atoms with van der Waals surface area (Å²) in [5.74, 6) is 0.836. The lowest BCUT2D eigenvalue weighted by Crippen LogP contribution is -2.17. The molecule has 0 bridgehead atoms. The van der Waals surface area contributed by atoms with E-state index in [1.165, 1.54) is 17.3 Å². The van der Waals surface area contributed by atoms with Gasteiger partial charge in [0.25, 0.3) is 0 Å². The molecule has 0 saturated carbocycles. The zero-order valence-corrected chi connectivity index (χ0v) is 11.7. The van der Waals surface area contributed by atoms with Gasteiger partial charge in [-0.1, -0.05) is 42.1 Å². The Morgan fingerprint density at radius 3 is 2.68 bits per heavy atom. The van der Waals surface area contributed by atoms with Gasteiger partial charge in [0.1, 0.15) is 0 Å². The van der Waals surface area contributed by atoms with E-state index in [0.717, 1.165) is 37.3 Å². The lowest BCUT2D eigenvalue weighted by molar-refractivity contribution is 0.139. The van der Waals surface area contributed by atoms with Crippen LogP contribution in [-0.2, 0) is 11.2 Å². The molecule has 1 heterocycles. The molecule has 1 aromatic rings. The molecular weight excluding hydrogens is 258 g/mol. The standard InChI is InChI=1S/C14H19N3OS/c15-14-17-16-13(11-19-14)8-10-18-9-4-7-12-5-2-1-3-6-12/h1-3,5-6H,4,7-11H2,(H2,15,17). The number of amidine groups is 1. The van der Waals surface area contributed by atoms with Gasteiger partial charge in [0.15, 0.2) is 5.17 Å². The third-order valence-corrected chi connectivity index (χ3v) is 3.66. The van der Waals surface area contributed by atoms with Crippen molar-refractivity contribution in [3.63, 3.8) is 0 Å². The van der Waals surface area contributed by atoms with Crippen molar-refractivity contribution in [3.8, 4) is 0 Å². The summed E-state index contributed by atoms with van der Waals surface area (Å²) in [4.78, 5) is 0. The van der Waals surface area contributed by atoms with Crippen LogP contribution in [0.3, 0.4) is 0 Å². The summed E-state index contributed by atoms with van der Waals surface area (Å²) in [7, 11) is 0.